The third-order valence-corrected chi connectivity index (χ3v) is 6.30. The van der Waals surface area contributed by atoms with Crippen LogP contribution in [0.3, 0.4) is 0 Å². The Kier molecular flexibility index (Phi) is 4.27. The summed E-state index contributed by atoms with van der Waals surface area (Å²) in [7, 11) is 0. The lowest BCUT2D eigenvalue weighted by molar-refractivity contribution is -0.135. The van der Waals surface area contributed by atoms with Gasteiger partial charge in [-0.1, -0.05) is 6.07 Å². The average Bonchev–Trinajstić information content (AvgIpc) is 3.25. The molecule has 0 unspecified atom stereocenters. The molecule has 4 rings (SSSR count). The average molecular weight is 375 g/mol. The zero-order chi connectivity index (χ0) is 17.4. The van der Waals surface area contributed by atoms with Crippen LogP contribution in [0.2, 0.25) is 0 Å². The molecular weight excluding hydrogens is 361 g/mol. The van der Waals surface area contributed by atoms with Crippen LogP contribution in [0.1, 0.15) is 20.1 Å². The number of carbonyl (C=O) groups excluding carboxylic acids is 2. The number of hydrogen-bond donors (Lipinski definition) is 0. The second-order valence-electron chi connectivity index (χ2n) is 5.77. The lowest BCUT2D eigenvalue weighted by Crippen LogP contribution is -2.38. The van der Waals surface area contributed by atoms with Crippen LogP contribution in [0.25, 0.3) is 10.1 Å². The van der Waals surface area contributed by atoms with Gasteiger partial charge in [0.05, 0.1) is 0 Å². The van der Waals surface area contributed by atoms with Crippen LogP contribution in [0.4, 0.5) is 4.39 Å². The van der Waals surface area contributed by atoms with Crippen molar-refractivity contribution in [1.82, 2.24) is 4.90 Å². The first-order valence-corrected chi connectivity index (χ1v) is 9.49. The van der Waals surface area contributed by atoms with Gasteiger partial charge in [-0.25, -0.2) is 9.18 Å². The first kappa shape index (κ1) is 16.2. The normalized spacial score (nSPS) is 13.7. The van der Waals surface area contributed by atoms with Gasteiger partial charge in [0.2, 0.25) is 0 Å². The number of rotatable bonds is 3. The monoisotopic (exact) mass is 375 g/mol. The third-order valence-electron chi connectivity index (χ3n) is 4.20. The van der Waals surface area contributed by atoms with Crippen LogP contribution in [0.15, 0.2) is 35.7 Å². The highest BCUT2D eigenvalue weighted by molar-refractivity contribution is 7.20. The number of benzene rings is 1. The Morgan fingerprint density at radius 3 is 3.00 bits per heavy atom. The van der Waals surface area contributed by atoms with Gasteiger partial charge in [0, 0.05) is 28.1 Å². The number of fused-ring (bicyclic) bond motifs is 2. The van der Waals surface area contributed by atoms with E-state index in [0.717, 1.165) is 23.3 Å². The summed E-state index contributed by atoms with van der Waals surface area (Å²) in [5.74, 6) is -1.18. The van der Waals surface area contributed by atoms with Crippen molar-refractivity contribution in [1.29, 1.82) is 0 Å². The van der Waals surface area contributed by atoms with Crippen molar-refractivity contribution >= 4 is 44.6 Å². The number of esters is 1. The molecular formula is C18H14FNO3S2. The molecule has 0 saturated carbocycles. The number of thiophene rings is 2. The molecule has 1 amide bonds. The maximum Gasteiger partial charge on any atom is 0.348 e. The number of carbonyl (C=O) groups is 2. The standard InChI is InChI=1S/C18H14FNO3S2/c19-13-2-1-3-15-12(13)8-16(25-15)18(22)23-10-17(21)20-6-4-14-11(9-20)5-7-24-14/h1-3,5,7-8H,4,6,9-10H2. The third kappa shape index (κ3) is 3.17. The van der Waals surface area contributed by atoms with Crippen molar-refractivity contribution in [3.8, 4) is 0 Å². The van der Waals surface area contributed by atoms with Gasteiger partial charge >= 0.3 is 5.97 Å². The highest BCUT2D eigenvalue weighted by atomic mass is 32.1. The minimum Gasteiger partial charge on any atom is -0.451 e. The van der Waals surface area contributed by atoms with Gasteiger partial charge in [0.1, 0.15) is 10.7 Å². The summed E-state index contributed by atoms with van der Waals surface area (Å²) >= 11 is 2.87. The van der Waals surface area contributed by atoms with E-state index in [1.54, 1.807) is 28.4 Å². The SMILES string of the molecule is O=C(OCC(=O)N1CCc2sccc2C1)c1cc2c(F)cccc2s1. The minimum atomic E-state index is -0.595. The molecule has 0 radical (unpaired) electrons. The molecule has 1 aliphatic heterocycles. The van der Waals surface area contributed by atoms with E-state index in [-0.39, 0.29) is 18.3 Å². The number of ether oxygens (including phenoxy) is 1. The molecule has 25 heavy (non-hydrogen) atoms. The van der Waals surface area contributed by atoms with Gasteiger partial charge < -0.3 is 9.64 Å². The van der Waals surface area contributed by atoms with E-state index in [1.165, 1.54) is 17.0 Å². The summed E-state index contributed by atoms with van der Waals surface area (Å²) in [6.07, 6.45) is 0.836. The van der Waals surface area contributed by atoms with Crippen molar-refractivity contribution in [3.63, 3.8) is 0 Å². The fourth-order valence-corrected chi connectivity index (χ4v) is 4.74. The Labute approximate surface area is 151 Å². The van der Waals surface area contributed by atoms with Crippen LogP contribution in [0.5, 0.6) is 0 Å². The second-order valence-corrected chi connectivity index (χ2v) is 7.86. The highest BCUT2D eigenvalue weighted by Crippen LogP contribution is 2.28. The van der Waals surface area contributed by atoms with E-state index < -0.39 is 5.97 Å². The van der Waals surface area contributed by atoms with E-state index in [1.807, 2.05) is 11.4 Å². The van der Waals surface area contributed by atoms with Gasteiger partial charge in [0.25, 0.3) is 5.91 Å². The van der Waals surface area contributed by atoms with Crippen molar-refractivity contribution in [3.05, 3.63) is 56.8 Å². The van der Waals surface area contributed by atoms with Crippen molar-refractivity contribution < 1.29 is 18.7 Å². The van der Waals surface area contributed by atoms with Gasteiger partial charge in [-0.3, -0.25) is 4.79 Å². The van der Waals surface area contributed by atoms with E-state index in [0.29, 0.717) is 28.1 Å². The fraction of sp³-hybridized carbons (Fsp3) is 0.222. The summed E-state index contributed by atoms with van der Waals surface area (Å²) in [6, 6.07) is 8.19. The molecule has 7 heteroatoms. The molecule has 0 aliphatic carbocycles. The Morgan fingerprint density at radius 1 is 1.28 bits per heavy atom. The smallest absolute Gasteiger partial charge is 0.348 e. The molecule has 128 valence electrons. The fourth-order valence-electron chi connectivity index (χ4n) is 2.88. The van der Waals surface area contributed by atoms with Crippen molar-refractivity contribution in [2.45, 2.75) is 13.0 Å². The molecule has 3 heterocycles. The quantitative estimate of drug-likeness (QED) is 0.654. The molecule has 0 atom stereocenters. The number of amides is 1. The molecule has 0 bridgehead atoms. The van der Waals surface area contributed by atoms with E-state index >= 15 is 0 Å². The summed E-state index contributed by atoms with van der Waals surface area (Å²) < 4.78 is 19.5. The summed E-state index contributed by atoms with van der Waals surface area (Å²) in [4.78, 5) is 27.8. The van der Waals surface area contributed by atoms with Crippen LogP contribution in [0, 0.1) is 5.82 Å². The van der Waals surface area contributed by atoms with Crippen LogP contribution in [-0.2, 0) is 22.5 Å². The van der Waals surface area contributed by atoms with Crippen molar-refractivity contribution in [2.75, 3.05) is 13.2 Å². The molecule has 1 aromatic carbocycles. The van der Waals surface area contributed by atoms with E-state index in [4.69, 9.17) is 4.74 Å². The molecule has 1 aliphatic rings. The Bertz CT molecular complexity index is 962. The van der Waals surface area contributed by atoms with Gasteiger partial charge in [-0.05, 0) is 41.6 Å². The zero-order valence-electron chi connectivity index (χ0n) is 13.2. The van der Waals surface area contributed by atoms with Crippen LogP contribution in [-0.4, -0.2) is 29.9 Å². The number of halogens is 1. The topological polar surface area (TPSA) is 46.6 Å². The van der Waals surface area contributed by atoms with E-state index in [2.05, 4.69) is 0 Å². The zero-order valence-corrected chi connectivity index (χ0v) is 14.8. The predicted molar refractivity (Wildman–Crippen MR) is 95.5 cm³/mol. The predicted octanol–water partition coefficient (Wildman–Crippen LogP) is 3.84. The van der Waals surface area contributed by atoms with Gasteiger partial charge in [-0.15, -0.1) is 22.7 Å². The first-order chi connectivity index (χ1) is 12.1. The molecule has 0 fully saturated rings. The molecule has 3 aromatic rings. The highest BCUT2D eigenvalue weighted by Gasteiger charge is 2.23. The number of nitrogens with zero attached hydrogens (tertiary/aromatic N) is 1. The summed E-state index contributed by atoms with van der Waals surface area (Å²) in [6.45, 7) is 0.899. The first-order valence-electron chi connectivity index (χ1n) is 7.80. The lowest BCUT2D eigenvalue weighted by atomic mass is 10.1. The lowest BCUT2D eigenvalue weighted by Gasteiger charge is -2.26. The maximum atomic E-state index is 13.7. The molecule has 4 nitrogen and oxygen atoms in total. The van der Waals surface area contributed by atoms with Crippen LogP contribution < -0.4 is 0 Å². The molecule has 0 N–H and O–H groups in total. The minimum absolute atomic E-state index is 0.211. The van der Waals surface area contributed by atoms with Gasteiger partial charge in [0.15, 0.2) is 6.61 Å². The Balaban J connectivity index is 1.39. The summed E-state index contributed by atoms with van der Waals surface area (Å²) in [5, 5.41) is 2.42. The van der Waals surface area contributed by atoms with Crippen molar-refractivity contribution in [2.24, 2.45) is 0 Å². The molecule has 0 spiro atoms. The largest absolute Gasteiger partial charge is 0.451 e. The van der Waals surface area contributed by atoms with Gasteiger partial charge in [-0.2, -0.15) is 0 Å². The second kappa shape index (κ2) is 6.57. The summed E-state index contributed by atoms with van der Waals surface area (Å²) in [5.41, 5.74) is 1.16. The Hall–Kier alpha value is -2.25. The van der Waals surface area contributed by atoms with Crippen LogP contribution >= 0.6 is 22.7 Å². The maximum absolute atomic E-state index is 13.7. The van der Waals surface area contributed by atoms with E-state index in [9.17, 15) is 14.0 Å². The molecule has 0 saturated heterocycles. The molecule has 2 aromatic heterocycles. The Morgan fingerprint density at radius 2 is 2.16 bits per heavy atom. The number of hydrogen-bond acceptors (Lipinski definition) is 5.